The maximum Gasteiger partial charge on any atom is 0.230 e. The molecule has 0 saturated heterocycles. The zero-order chi connectivity index (χ0) is 22.9. The lowest BCUT2D eigenvalue weighted by molar-refractivity contribution is -0.118. The van der Waals surface area contributed by atoms with Gasteiger partial charge in [0.05, 0.1) is 5.75 Å². The van der Waals surface area contributed by atoms with Gasteiger partial charge in [-0.05, 0) is 41.3 Å². The summed E-state index contributed by atoms with van der Waals surface area (Å²) < 4.78 is 7.80. The van der Waals surface area contributed by atoms with Gasteiger partial charge in [0.1, 0.15) is 12.4 Å². The van der Waals surface area contributed by atoms with Crippen molar-refractivity contribution in [1.82, 2.24) is 20.1 Å². The molecule has 6 nitrogen and oxygen atoms in total. The third-order valence-electron chi connectivity index (χ3n) is 4.76. The Morgan fingerprint density at radius 2 is 1.91 bits per heavy atom. The van der Waals surface area contributed by atoms with Crippen LogP contribution in [0.4, 0.5) is 0 Å². The van der Waals surface area contributed by atoms with Crippen molar-refractivity contribution in [1.29, 1.82) is 0 Å². The molecule has 8 heteroatoms. The Labute approximate surface area is 198 Å². The second kappa shape index (κ2) is 11.7. The van der Waals surface area contributed by atoms with Crippen LogP contribution in [0.25, 0.3) is 0 Å². The second-order valence-electron chi connectivity index (χ2n) is 7.50. The van der Waals surface area contributed by atoms with Gasteiger partial charge in [0.15, 0.2) is 11.0 Å². The first kappa shape index (κ1) is 23.9. The standard InChI is InChI=1S/C24H27ClN4O2S/c1-4-13-29-22(15-31-21-11-7-19(8-12-21)17(2)3)27-28-24(29)32-16-23(30)26-14-18-5-9-20(25)10-6-18/h4-12,17H,1,13-16H2,2-3H3,(H,26,30). The molecule has 0 unspecified atom stereocenters. The van der Waals surface area contributed by atoms with E-state index in [0.29, 0.717) is 35.0 Å². The largest absolute Gasteiger partial charge is 0.486 e. The summed E-state index contributed by atoms with van der Waals surface area (Å²) in [6.07, 6.45) is 1.77. The van der Waals surface area contributed by atoms with Crippen LogP contribution in [0.15, 0.2) is 66.3 Å². The van der Waals surface area contributed by atoms with Crippen molar-refractivity contribution in [2.75, 3.05) is 5.75 Å². The number of ether oxygens (including phenoxy) is 1. The van der Waals surface area contributed by atoms with E-state index in [1.807, 2.05) is 28.8 Å². The lowest BCUT2D eigenvalue weighted by Gasteiger charge is -2.10. The van der Waals surface area contributed by atoms with Gasteiger partial charge in [-0.1, -0.05) is 67.6 Å². The van der Waals surface area contributed by atoms with Crippen molar-refractivity contribution in [3.8, 4) is 5.75 Å². The molecule has 0 bridgehead atoms. The lowest BCUT2D eigenvalue weighted by atomic mass is 10.0. The van der Waals surface area contributed by atoms with Gasteiger partial charge in [-0.15, -0.1) is 16.8 Å². The second-order valence-corrected chi connectivity index (χ2v) is 8.88. The minimum Gasteiger partial charge on any atom is -0.486 e. The van der Waals surface area contributed by atoms with Crippen molar-refractivity contribution in [3.05, 3.63) is 83.2 Å². The highest BCUT2D eigenvalue weighted by molar-refractivity contribution is 7.99. The third kappa shape index (κ3) is 6.87. The molecule has 1 N–H and O–H groups in total. The van der Waals surface area contributed by atoms with E-state index in [2.05, 4.69) is 48.1 Å². The molecule has 3 aromatic rings. The van der Waals surface area contributed by atoms with Crippen LogP contribution in [-0.2, 0) is 24.5 Å². The fourth-order valence-corrected chi connectivity index (χ4v) is 3.85. The van der Waals surface area contributed by atoms with E-state index in [1.165, 1.54) is 17.3 Å². The van der Waals surface area contributed by atoms with E-state index in [1.54, 1.807) is 18.2 Å². The Bertz CT molecular complexity index is 1030. The maximum atomic E-state index is 12.3. The van der Waals surface area contributed by atoms with Crippen LogP contribution in [0.1, 0.15) is 36.7 Å². The molecule has 0 fully saturated rings. The molecule has 0 spiro atoms. The molecule has 0 aliphatic rings. The first-order chi connectivity index (χ1) is 15.5. The quantitative estimate of drug-likeness (QED) is 0.307. The molecule has 1 amide bonds. The van der Waals surface area contributed by atoms with E-state index in [4.69, 9.17) is 16.3 Å². The number of allylic oxidation sites excluding steroid dienone is 1. The number of hydrogen-bond donors (Lipinski definition) is 1. The van der Waals surface area contributed by atoms with Crippen LogP contribution >= 0.6 is 23.4 Å². The van der Waals surface area contributed by atoms with Gasteiger partial charge < -0.3 is 10.1 Å². The lowest BCUT2D eigenvalue weighted by Crippen LogP contribution is -2.24. The van der Waals surface area contributed by atoms with Crippen molar-refractivity contribution in [3.63, 3.8) is 0 Å². The highest BCUT2D eigenvalue weighted by atomic mass is 35.5. The molecule has 0 aliphatic heterocycles. The van der Waals surface area contributed by atoms with Gasteiger partial charge in [-0.3, -0.25) is 9.36 Å². The van der Waals surface area contributed by atoms with Gasteiger partial charge in [0, 0.05) is 18.1 Å². The summed E-state index contributed by atoms with van der Waals surface area (Å²) >= 11 is 7.22. The number of amides is 1. The summed E-state index contributed by atoms with van der Waals surface area (Å²) in [5.41, 5.74) is 2.25. The Hall–Kier alpha value is -2.77. The average Bonchev–Trinajstić information content (AvgIpc) is 3.18. The Morgan fingerprint density at radius 1 is 1.19 bits per heavy atom. The summed E-state index contributed by atoms with van der Waals surface area (Å²) in [4.78, 5) is 12.3. The Morgan fingerprint density at radius 3 is 2.56 bits per heavy atom. The predicted molar refractivity (Wildman–Crippen MR) is 129 cm³/mol. The summed E-state index contributed by atoms with van der Waals surface area (Å²) in [5, 5.41) is 12.7. The van der Waals surface area contributed by atoms with Crippen LogP contribution < -0.4 is 10.1 Å². The topological polar surface area (TPSA) is 69.0 Å². The fraction of sp³-hybridized carbons (Fsp3) is 0.292. The van der Waals surface area contributed by atoms with Crippen LogP contribution in [0.2, 0.25) is 5.02 Å². The zero-order valence-corrected chi connectivity index (χ0v) is 19.8. The number of nitrogens with zero attached hydrogens (tertiary/aromatic N) is 3. The Kier molecular flexibility index (Phi) is 8.76. The number of rotatable bonds is 11. The van der Waals surface area contributed by atoms with Crippen molar-refractivity contribution in [2.45, 2.75) is 44.6 Å². The number of halogens is 1. The van der Waals surface area contributed by atoms with Crippen LogP contribution in [0.3, 0.4) is 0 Å². The monoisotopic (exact) mass is 470 g/mol. The SMILES string of the molecule is C=CCn1c(COc2ccc(C(C)C)cc2)nnc1SCC(=O)NCc1ccc(Cl)cc1. The van der Waals surface area contributed by atoms with Gasteiger partial charge in [-0.2, -0.15) is 0 Å². The number of aromatic nitrogens is 3. The van der Waals surface area contributed by atoms with E-state index >= 15 is 0 Å². The molecule has 2 aromatic carbocycles. The van der Waals surface area contributed by atoms with Gasteiger partial charge >= 0.3 is 0 Å². The zero-order valence-electron chi connectivity index (χ0n) is 18.3. The smallest absolute Gasteiger partial charge is 0.230 e. The number of thioether (sulfide) groups is 1. The third-order valence-corrected chi connectivity index (χ3v) is 5.97. The first-order valence-corrected chi connectivity index (χ1v) is 11.7. The molecule has 0 radical (unpaired) electrons. The molecule has 0 atom stereocenters. The molecule has 32 heavy (non-hydrogen) atoms. The number of hydrogen-bond acceptors (Lipinski definition) is 5. The summed E-state index contributed by atoms with van der Waals surface area (Å²) in [6, 6.07) is 15.4. The minimum absolute atomic E-state index is 0.0823. The van der Waals surface area contributed by atoms with Crippen molar-refractivity contribution >= 4 is 29.3 Å². The van der Waals surface area contributed by atoms with Crippen LogP contribution in [-0.4, -0.2) is 26.4 Å². The van der Waals surface area contributed by atoms with Crippen molar-refractivity contribution < 1.29 is 9.53 Å². The number of carbonyl (C=O) groups is 1. The van der Waals surface area contributed by atoms with Gasteiger partial charge in [-0.25, -0.2) is 0 Å². The summed E-state index contributed by atoms with van der Waals surface area (Å²) in [5.74, 6) is 2.09. The molecule has 0 saturated carbocycles. The molecule has 0 aliphatic carbocycles. The predicted octanol–water partition coefficient (Wildman–Crippen LogP) is 5.23. The summed E-state index contributed by atoms with van der Waals surface area (Å²) in [6.45, 7) is 9.39. The molecular formula is C24H27ClN4O2S. The van der Waals surface area contributed by atoms with Gasteiger partial charge in [0.25, 0.3) is 0 Å². The Balaban J connectivity index is 1.54. The van der Waals surface area contributed by atoms with Gasteiger partial charge in [0.2, 0.25) is 5.91 Å². The average molecular weight is 471 g/mol. The molecular weight excluding hydrogens is 444 g/mol. The first-order valence-electron chi connectivity index (χ1n) is 10.4. The van der Waals surface area contributed by atoms with E-state index in [0.717, 1.165) is 11.3 Å². The minimum atomic E-state index is -0.0823. The van der Waals surface area contributed by atoms with E-state index in [-0.39, 0.29) is 18.3 Å². The molecule has 1 aromatic heterocycles. The van der Waals surface area contributed by atoms with Crippen LogP contribution in [0, 0.1) is 0 Å². The van der Waals surface area contributed by atoms with E-state index in [9.17, 15) is 4.79 Å². The highest BCUT2D eigenvalue weighted by Gasteiger charge is 2.14. The molecule has 1 heterocycles. The highest BCUT2D eigenvalue weighted by Crippen LogP contribution is 2.21. The van der Waals surface area contributed by atoms with E-state index < -0.39 is 0 Å². The summed E-state index contributed by atoms with van der Waals surface area (Å²) in [7, 11) is 0. The molecule has 168 valence electrons. The number of carbonyl (C=O) groups excluding carboxylic acids is 1. The number of benzene rings is 2. The molecule has 3 rings (SSSR count). The fourth-order valence-electron chi connectivity index (χ4n) is 2.93. The normalized spacial score (nSPS) is 10.9. The maximum absolute atomic E-state index is 12.3. The number of nitrogens with one attached hydrogen (secondary N) is 1. The van der Waals surface area contributed by atoms with Crippen LogP contribution in [0.5, 0.6) is 5.75 Å². The van der Waals surface area contributed by atoms with Crippen molar-refractivity contribution in [2.24, 2.45) is 0 Å².